The van der Waals surface area contributed by atoms with Gasteiger partial charge in [-0.25, -0.2) is 14.4 Å². The maximum Gasteiger partial charge on any atom is 0.256 e. The molecular formula is C33H39FN8O. The largest absolute Gasteiger partial charge is 0.365 e. The molecule has 1 saturated heterocycles. The smallest absolute Gasteiger partial charge is 0.256 e. The van der Waals surface area contributed by atoms with Crippen LogP contribution in [0.4, 0.5) is 21.6 Å². The van der Waals surface area contributed by atoms with E-state index in [0.29, 0.717) is 22.9 Å². The molecule has 3 heterocycles. The Hall–Kier alpha value is -4.49. The summed E-state index contributed by atoms with van der Waals surface area (Å²) in [6.45, 7) is 12.6. The van der Waals surface area contributed by atoms with Crippen LogP contribution in [0.15, 0.2) is 48.9 Å². The first-order valence-corrected chi connectivity index (χ1v) is 14.8. The van der Waals surface area contributed by atoms with Gasteiger partial charge in [0.15, 0.2) is 5.82 Å². The highest BCUT2D eigenvalue weighted by Crippen LogP contribution is 2.30. The van der Waals surface area contributed by atoms with Crippen molar-refractivity contribution in [3.8, 4) is 6.07 Å². The summed E-state index contributed by atoms with van der Waals surface area (Å²) in [7, 11) is 0. The summed E-state index contributed by atoms with van der Waals surface area (Å²) in [6, 6.07) is 12.7. The summed E-state index contributed by atoms with van der Waals surface area (Å²) in [5.74, 6) is -0.0594. The Bertz CT molecular complexity index is 1640. The standard InChI is InChI=1S/C33H39FN8O/c1-20(2)42(21(3)4)33(43)28-14-24(34)7-9-30(28)40-31-17-36-19-37-32(31)39-25-10-12-41(13-11-25)18-23-6-8-29-27(22(23)5)15-26(16-35)38-29/h6-9,14-15,17,19-21,25,38,40H,10-13,18H2,1-5H3,(H,36,37,39). The number of carbonyl (C=O) groups excluding carboxylic acids is 1. The van der Waals surface area contributed by atoms with Crippen LogP contribution in [0.25, 0.3) is 10.9 Å². The first kappa shape index (κ1) is 30.0. The molecule has 10 heteroatoms. The lowest BCUT2D eigenvalue weighted by Gasteiger charge is -2.33. The van der Waals surface area contributed by atoms with Gasteiger partial charge in [-0.2, -0.15) is 5.26 Å². The van der Waals surface area contributed by atoms with Gasteiger partial charge in [-0.1, -0.05) is 6.07 Å². The second-order valence-corrected chi connectivity index (χ2v) is 11.8. The maximum absolute atomic E-state index is 14.3. The summed E-state index contributed by atoms with van der Waals surface area (Å²) in [5.41, 5.74) is 5.43. The zero-order valence-electron chi connectivity index (χ0n) is 25.4. The van der Waals surface area contributed by atoms with Gasteiger partial charge in [0.1, 0.15) is 29.6 Å². The zero-order valence-corrected chi connectivity index (χ0v) is 25.4. The van der Waals surface area contributed by atoms with Gasteiger partial charge in [0.2, 0.25) is 0 Å². The molecule has 0 atom stereocenters. The van der Waals surface area contributed by atoms with Crippen LogP contribution in [-0.4, -0.2) is 61.9 Å². The van der Waals surface area contributed by atoms with Crippen LogP contribution in [0.1, 0.15) is 67.7 Å². The topological polar surface area (TPSA) is 113 Å². The van der Waals surface area contributed by atoms with E-state index in [0.717, 1.165) is 43.4 Å². The van der Waals surface area contributed by atoms with E-state index in [1.807, 2.05) is 33.8 Å². The van der Waals surface area contributed by atoms with E-state index in [4.69, 9.17) is 0 Å². The Kier molecular flexibility index (Phi) is 8.92. The van der Waals surface area contributed by atoms with Crippen molar-refractivity contribution in [1.29, 1.82) is 5.26 Å². The molecule has 1 aliphatic rings. The van der Waals surface area contributed by atoms with E-state index in [1.165, 1.54) is 29.6 Å². The van der Waals surface area contributed by atoms with Crippen LogP contribution in [0.5, 0.6) is 0 Å². The van der Waals surface area contributed by atoms with Gasteiger partial charge in [0.05, 0.1) is 17.4 Å². The monoisotopic (exact) mass is 582 g/mol. The molecule has 1 fully saturated rings. The highest BCUT2D eigenvalue weighted by Gasteiger charge is 2.26. The van der Waals surface area contributed by atoms with Crippen LogP contribution < -0.4 is 10.6 Å². The molecule has 0 saturated carbocycles. The number of H-pyrrole nitrogens is 1. The van der Waals surface area contributed by atoms with E-state index in [-0.39, 0.29) is 29.6 Å². The predicted molar refractivity (Wildman–Crippen MR) is 168 cm³/mol. The van der Waals surface area contributed by atoms with Gasteiger partial charge < -0.3 is 20.5 Å². The lowest BCUT2D eigenvalue weighted by molar-refractivity contribution is 0.0644. The Morgan fingerprint density at radius 1 is 1.14 bits per heavy atom. The van der Waals surface area contributed by atoms with E-state index in [9.17, 15) is 14.4 Å². The van der Waals surface area contributed by atoms with E-state index >= 15 is 0 Å². The van der Waals surface area contributed by atoms with Crippen molar-refractivity contribution < 1.29 is 9.18 Å². The van der Waals surface area contributed by atoms with E-state index in [1.54, 1.807) is 17.2 Å². The minimum absolute atomic E-state index is 0.0383. The normalized spacial score (nSPS) is 14.3. The van der Waals surface area contributed by atoms with Crippen molar-refractivity contribution in [2.75, 3.05) is 23.7 Å². The number of amides is 1. The highest BCUT2D eigenvalue weighted by molar-refractivity contribution is 6.01. The Morgan fingerprint density at radius 2 is 1.88 bits per heavy atom. The fourth-order valence-corrected chi connectivity index (χ4v) is 5.98. The highest BCUT2D eigenvalue weighted by atomic mass is 19.1. The fourth-order valence-electron chi connectivity index (χ4n) is 5.98. The molecule has 2 aromatic carbocycles. The molecule has 0 bridgehead atoms. The number of hydrogen-bond acceptors (Lipinski definition) is 7. The molecule has 2 aromatic heterocycles. The third kappa shape index (κ3) is 6.62. The van der Waals surface area contributed by atoms with Gasteiger partial charge in [-0.15, -0.1) is 0 Å². The minimum Gasteiger partial charge on any atom is -0.365 e. The molecule has 4 aromatic rings. The average molecular weight is 583 g/mol. The van der Waals surface area contributed by atoms with Crippen molar-refractivity contribution in [3.05, 3.63) is 77.1 Å². The molecule has 224 valence electrons. The molecule has 0 unspecified atom stereocenters. The number of nitriles is 1. The third-order valence-corrected chi connectivity index (χ3v) is 8.17. The van der Waals surface area contributed by atoms with Crippen LogP contribution in [-0.2, 0) is 6.54 Å². The van der Waals surface area contributed by atoms with Crippen LogP contribution in [0.2, 0.25) is 0 Å². The van der Waals surface area contributed by atoms with Crippen molar-refractivity contribution in [2.45, 2.75) is 72.1 Å². The first-order chi connectivity index (χ1) is 20.6. The lowest BCUT2D eigenvalue weighted by Crippen LogP contribution is -2.42. The molecule has 0 radical (unpaired) electrons. The summed E-state index contributed by atoms with van der Waals surface area (Å²) < 4.78 is 14.3. The number of piperidine rings is 1. The zero-order chi connectivity index (χ0) is 30.7. The maximum atomic E-state index is 14.3. The fraction of sp³-hybridized carbons (Fsp3) is 0.394. The summed E-state index contributed by atoms with van der Waals surface area (Å²) in [5, 5.41) is 17.2. The molecule has 1 aliphatic heterocycles. The van der Waals surface area contributed by atoms with E-state index in [2.05, 4.69) is 55.6 Å². The molecule has 0 spiro atoms. The van der Waals surface area contributed by atoms with Gasteiger partial charge in [0.25, 0.3) is 5.91 Å². The minimum atomic E-state index is -0.467. The van der Waals surface area contributed by atoms with Crippen molar-refractivity contribution in [3.63, 3.8) is 0 Å². The number of aryl methyl sites for hydroxylation is 1. The number of aromatic nitrogens is 3. The number of hydrogen-bond donors (Lipinski definition) is 3. The lowest BCUT2D eigenvalue weighted by atomic mass is 10.0. The molecule has 43 heavy (non-hydrogen) atoms. The Labute approximate surface area is 252 Å². The number of fused-ring (bicyclic) bond motifs is 1. The SMILES string of the molecule is Cc1c(CN2CCC(Nc3ncncc3Nc3ccc(F)cc3C(=O)N(C(C)C)C(C)C)CC2)ccc2[nH]c(C#N)cc12. The summed E-state index contributed by atoms with van der Waals surface area (Å²) >= 11 is 0. The van der Waals surface area contributed by atoms with Crippen molar-refractivity contribution >= 4 is 34.0 Å². The molecular weight excluding hydrogens is 543 g/mol. The number of aromatic amines is 1. The quantitative estimate of drug-likeness (QED) is 0.211. The Balaban J connectivity index is 1.26. The van der Waals surface area contributed by atoms with Crippen LogP contribution >= 0.6 is 0 Å². The number of likely N-dealkylation sites (tertiary alicyclic amines) is 1. The van der Waals surface area contributed by atoms with Crippen LogP contribution in [0.3, 0.4) is 0 Å². The predicted octanol–water partition coefficient (Wildman–Crippen LogP) is 6.36. The summed E-state index contributed by atoms with van der Waals surface area (Å²) in [4.78, 5) is 29.6. The van der Waals surface area contributed by atoms with Gasteiger partial charge in [-0.05, 0) is 88.9 Å². The molecule has 0 aliphatic carbocycles. The van der Waals surface area contributed by atoms with Crippen molar-refractivity contribution in [2.24, 2.45) is 0 Å². The van der Waals surface area contributed by atoms with Crippen LogP contribution in [0, 0.1) is 24.1 Å². The average Bonchev–Trinajstić information content (AvgIpc) is 3.41. The first-order valence-electron chi connectivity index (χ1n) is 14.8. The molecule has 5 rings (SSSR count). The number of carbonyl (C=O) groups is 1. The molecule has 1 amide bonds. The van der Waals surface area contributed by atoms with Gasteiger partial charge >= 0.3 is 0 Å². The number of anilines is 3. The van der Waals surface area contributed by atoms with E-state index < -0.39 is 5.82 Å². The second kappa shape index (κ2) is 12.8. The number of benzene rings is 2. The number of rotatable bonds is 9. The summed E-state index contributed by atoms with van der Waals surface area (Å²) in [6.07, 6.45) is 5.04. The van der Waals surface area contributed by atoms with Gasteiger partial charge in [0, 0.05) is 48.7 Å². The molecule has 9 nitrogen and oxygen atoms in total. The molecule has 3 N–H and O–H groups in total. The number of nitrogens with one attached hydrogen (secondary N) is 3. The van der Waals surface area contributed by atoms with Crippen molar-refractivity contribution in [1.82, 2.24) is 24.8 Å². The Morgan fingerprint density at radius 3 is 2.58 bits per heavy atom. The van der Waals surface area contributed by atoms with Gasteiger partial charge in [-0.3, -0.25) is 9.69 Å². The second-order valence-electron chi connectivity index (χ2n) is 11.8. The number of nitrogens with zero attached hydrogens (tertiary/aromatic N) is 5. The number of halogens is 1. The third-order valence-electron chi connectivity index (χ3n) is 8.17.